The second-order valence-electron chi connectivity index (χ2n) is 11.7. The third kappa shape index (κ3) is 10.5. The van der Waals surface area contributed by atoms with Crippen LogP contribution in [-0.4, -0.2) is 62.3 Å². The van der Waals surface area contributed by atoms with E-state index < -0.39 is 0 Å². The van der Waals surface area contributed by atoms with Crippen molar-refractivity contribution in [3.05, 3.63) is 66.2 Å². The van der Waals surface area contributed by atoms with Crippen LogP contribution in [0.3, 0.4) is 0 Å². The summed E-state index contributed by atoms with van der Waals surface area (Å²) in [6.07, 6.45) is 6.24. The van der Waals surface area contributed by atoms with Crippen molar-refractivity contribution in [3.63, 3.8) is 0 Å². The van der Waals surface area contributed by atoms with E-state index in [2.05, 4.69) is 27.8 Å². The Labute approximate surface area is 279 Å². The molecule has 10 nitrogen and oxygen atoms in total. The fourth-order valence-corrected chi connectivity index (χ4v) is 5.44. The number of methoxy groups -OCH3 is 1. The monoisotopic (exact) mass is 646 g/mol. The van der Waals surface area contributed by atoms with E-state index in [1.165, 1.54) is 12.8 Å². The number of carbonyl (C=O) groups excluding carboxylic acids is 2. The second kappa shape index (κ2) is 18.0. The Morgan fingerprint density at radius 1 is 0.830 bits per heavy atom. The quantitative estimate of drug-likeness (QED) is 0.144. The van der Waals surface area contributed by atoms with Gasteiger partial charge in [-0.3, -0.25) is 4.79 Å². The van der Waals surface area contributed by atoms with Gasteiger partial charge in [0.05, 0.1) is 13.7 Å². The van der Waals surface area contributed by atoms with Gasteiger partial charge in [0.2, 0.25) is 0 Å². The maximum Gasteiger partial charge on any atom is 0.319 e. The molecule has 0 aliphatic carbocycles. The molecule has 1 saturated heterocycles. The maximum atomic E-state index is 13.1. The van der Waals surface area contributed by atoms with E-state index in [1.54, 1.807) is 61.7 Å². The van der Waals surface area contributed by atoms with Gasteiger partial charge in [-0.05, 0) is 100 Å². The topological polar surface area (TPSA) is 110 Å². The summed E-state index contributed by atoms with van der Waals surface area (Å²) in [5.74, 6) is 2.50. The van der Waals surface area contributed by atoms with Crippen LogP contribution in [0.5, 0.6) is 28.7 Å². The lowest BCUT2D eigenvalue weighted by Gasteiger charge is -2.32. The van der Waals surface area contributed by atoms with E-state index in [0.717, 1.165) is 45.3 Å². The standard InChI is InChI=1S/C37H50N4O6/c1-6-10-21-41-22-19-31(20-23-41)47-32-17-11-26(24-34(32)44-5)36(42)38-28-12-15-30(16-13-28)46-33-18-14-29(25-35(33)45-9-4)40-37(43)39-27(7-2)8-3/h11-18,24-25,27,31H,6-10,19-23H2,1-5H3,(H,38,42)(H2,39,40,43). The molecule has 3 N–H and O–H groups in total. The summed E-state index contributed by atoms with van der Waals surface area (Å²) in [5, 5.41) is 8.76. The van der Waals surface area contributed by atoms with Gasteiger partial charge in [-0.2, -0.15) is 0 Å². The molecule has 0 bridgehead atoms. The van der Waals surface area contributed by atoms with Crippen LogP contribution < -0.4 is 34.9 Å². The Bertz CT molecular complexity index is 1440. The molecule has 3 aromatic rings. The molecule has 0 saturated carbocycles. The highest BCUT2D eigenvalue weighted by atomic mass is 16.5. The molecule has 47 heavy (non-hydrogen) atoms. The Balaban J connectivity index is 1.33. The molecule has 254 valence electrons. The first-order valence-electron chi connectivity index (χ1n) is 16.9. The minimum absolute atomic E-state index is 0.119. The SMILES string of the molecule is CCCCN1CCC(Oc2ccc(C(=O)Nc3ccc(Oc4ccc(NC(=O)NC(CC)CC)cc4OCC)cc3)cc2OC)CC1. The highest BCUT2D eigenvalue weighted by Gasteiger charge is 2.22. The summed E-state index contributed by atoms with van der Waals surface area (Å²) >= 11 is 0. The predicted octanol–water partition coefficient (Wildman–Crippen LogP) is 8.09. The van der Waals surface area contributed by atoms with Crippen molar-refractivity contribution >= 4 is 23.3 Å². The van der Waals surface area contributed by atoms with Crippen LogP contribution in [0.15, 0.2) is 60.7 Å². The zero-order valence-electron chi connectivity index (χ0n) is 28.4. The molecule has 1 fully saturated rings. The number of piperidine rings is 1. The van der Waals surface area contributed by atoms with E-state index in [4.69, 9.17) is 18.9 Å². The number of unbranched alkanes of at least 4 members (excludes halogenated alkanes) is 1. The molecule has 4 rings (SSSR count). The zero-order valence-corrected chi connectivity index (χ0v) is 28.4. The second-order valence-corrected chi connectivity index (χ2v) is 11.7. The normalized spacial score (nSPS) is 13.6. The summed E-state index contributed by atoms with van der Waals surface area (Å²) in [4.78, 5) is 28.0. The van der Waals surface area contributed by atoms with Gasteiger partial charge in [0.25, 0.3) is 5.91 Å². The van der Waals surface area contributed by atoms with Crippen molar-refractivity contribution in [2.75, 3.05) is 44.0 Å². The van der Waals surface area contributed by atoms with Crippen molar-refractivity contribution < 1.29 is 28.5 Å². The van der Waals surface area contributed by atoms with E-state index in [9.17, 15) is 9.59 Å². The molecule has 3 aromatic carbocycles. The average Bonchev–Trinajstić information content (AvgIpc) is 3.09. The summed E-state index contributed by atoms with van der Waals surface area (Å²) in [5.41, 5.74) is 1.68. The van der Waals surface area contributed by atoms with Crippen molar-refractivity contribution in [2.45, 2.75) is 78.4 Å². The molecule has 0 spiro atoms. The van der Waals surface area contributed by atoms with Crippen LogP contribution >= 0.6 is 0 Å². The highest BCUT2D eigenvalue weighted by molar-refractivity contribution is 6.04. The van der Waals surface area contributed by atoms with Crippen LogP contribution in [0.1, 0.15) is 76.6 Å². The fraction of sp³-hybridized carbons (Fsp3) is 0.459. The number of amides is 3. The molecular formula is C37H50N4O6. The predicted molar refractivity (Wildman–Crippen MR) is 187 cm³/mol. The maximum absolute atomic E-state index is 13.1. The van der Waals surface area contributed by atoms with Gasteiger partial charge in [-0.1, -0.05) is 27.2 Å². The molecule has 1 heterocycles. The van der Waals surface area contributed by atoms with Gasteiger partial charge in [0.1, 0.15) is 11.9 Å². The van der Waals surface area contributed by atoms with Crippen LogP contribution in [0.25, 0.3) is 0 Å². The molecule has 0 atom stereocenters. The number of carbonyl (C=O) groups is 2. The lowest BCUT2D eigenvalue weighted by molar-refractivity contribution is 0.0971. The molecule has 1 aliphatic heterocycles. The van der Waals surface area contributed by atoms with Crippen molar-refractivity contribution in [3.8, 4) is 28.7 Å². The van der Waals surface area contributed by atoms with Crippen molar-refractivity contribution in [1.29, 1.82) is 0 Å². The van der Waals surface area contributed by atoms with Gasteiger partial charge in [-0.25, -0.2) is 4.79 Å². The molecule has 3 amide bonds. The number of nitrogens with one attached hydrogen (secondary N) is 3. The third-order valence-corrected chi connectivity index (χ3v) is 8.24. The van der Waals surface area contributed by atoms with Crippen LogP contribution in [0.2, 0.25) is 0 Å². The Morgan fingerprint density at radius 3 is 2.19 bits per heavy atom. The number of benzene rings is 3. The average molecular weight is 647 g/mol. The number of hydrogen-bond acceptors (Lipinski definition) is 7. The minimum atomic E-state index is -0.261. The smallest absolute Gasteiger partial charge is 0.319 e. The van der Waals surface area contributed by atoms with Crippen LogP contribution in [-0.2, 0) is 0 Å². The van der Waals surface area contributed by atoms with Crippen molar-refractivity contribution in [2.24, 2.45) is 0 Å². The van der Waals surface area contributed by atoms with Gasteiger partial charge in [0, 0.05) is 42.1 Å². The van der Waals surface area contributed by atoms with Gasteiger partial charge < -0.3 is 39.8 Å². The minimum Gasteiger partial charge on any atom is -0.493 e. The van der Waals surface area contributed by atoms with E-state index in [-0.39, 0.29) is 24.1 Å². The molecule has 0 unspecified atom stereocenters. The number of ether oxygens (including phenoxy) is 4. The van der Waals surface area contributed by atoms with E-state index >= 15 is 0 Å². The summed E-state index contributed by atoms with van der Waals surface area (Å²) < 4.78 is 23.8. The number of anilines is 2. The first-order chi connectivity index (χ1) is 22.8. The van der Waals surface area contributed by atoms with E-state index in [0.29, 0.717) is 52.3 Å². The van der Waals surface area contributed by atoms with Gasteiger partial charge in [0.15, 0.2) is 23.0 Å². The largest absolute Gasteiger partial charge is 0.493 e. The number of urea groups is 1. The van der Waals surface area contributed by atoms with E-state index in [1.807, 2.05) is 26.8 Å². The Hall–Kier alpha value is -4.44. The Kier molecular flexibility index (Phi) is 13.6. The molecular weight excluding hydrogens is 596 g/mol. The molecule has 10 heteroatoms. The summed E-state index contributed by atoms with van der Waals surface area (Å²) in [7, 11) is 1.59. The molecule has 0 radical (unpaired) electrons. The summed E-state index contributed by atoms with van der Waals surface area (Å²) in [6.45, 7) is 11.8. The lowest BCUT2D eigenvalue weighted by atomic mass is 10.1. The summed E-state index contributed by atoms with van der Waals surface area (Å²) in [6, 6.07) is 17.5. The number of nitrogens with zero attached hydrogens (tertiary/aromatic N) is 1. The van der Waals surface area contributed by atoms with Crippen molar-refractivity contribution in [1.82, 2.24) is 10.2 Å². The van der Waals surface area contributed by atoms with Crippen LogP contribution in [0.4, 0.5) is 16.2 Å². The number of hydrogen-bond donors (Lipinski definition) is 3. The first-order valence-corrected chi connectivity index (χ1v) is 16.9. The van der Waals surface area contributed by atoms with Gasteiger partial charge in [-0.15, -0.1) is 0 Å². The van der Waals surface area contributed by atoms with Crippen LogP contribution in [0, 0.1) is 0 Å². The fourth-order valence-electron chi connectivity index (χ4n) is 5.44. The zero-order chi connectivity index (χ0) is 33.6. The molecule has 1 aliphatic rings. The third-order valence-electron chi connectivity index (χ3n) is 8.24. The number of likely N-dealkylation sites (tertiary alicyclic amines) is 1. The lowest BCUT2D eigenvalue weighted by Crippen LogP contribution is -2.38. The molecule has 0 aromatic heterocycles. The number of rotatable bonds is 16. The first kappa shape index (κ1) is 35.4. The highest BCUT2D eigenvalue weighted by Crippen LogP contribution is 2.35. The van der Waals surface area contributed by atoms with Gasteiger partial charge >= 0.3 is 6.03 Å². The Morgan fingerprint density at radius 2 is 1.53 bits per heavy atom.